The third kappa shape index (κ3) is 11.6. The topological polar surface area (TPSA) is 194 Å². The summed E-state index contributed by atoms with van der Waals surface area (Å²) < 4.78 is 7.00. The first-order valence-corrected chi connectivity index (χ1v) is 21.1. The van der Waals surface area contributed by atoms with Crippen molar-refractivity contribution in [2.75, 3.05) is 21.3 Å². The number of ether oxygens (including phenoxy) is 1. The minimum Gasteiger partial charge on any atom is -0.443 e. The fourth-order valence-electron chi connectivity index (χ4n) is 6.72. The Morgan fingerprint density at radius 2 is 1.11 bits per heavy atom. The fourth-order valence-corrected chi connectivity index (χ4v) is 6.72. The van der Waals surface area contributed by atoms with Gasteiger partial charge in [-0.2, -0.15) is 10.5 Å². The van der Waals surface area contributed by atoms with Gasteiger partial charge in [-0.1, -0.05) is 53.7 Å². The zero-order chi connectivity index (χ0) is 46.5. The molecule has 0 aliphatic heterocycles. The Morgan fingerprint density at radius 3 is 1.62 bits per heavy atom. The van der Waals surface area contributed by atoms with E-state index in [1.165, 1.54) is 4.57 Å². The van der Waals surface area contributed by atoms with Crippen molar-refractivity contribution >= 4 is 73.7 Å². The normalized spacial score (nSPS) is 11.5. The number of nitrogens with one attached hydrogen (secondary N) is 5. The number of H-pyrrole nitrogens is 1. The lowest BCUT2D eigenvalue weighted by Crippen LogP contribution is -2.26. The highest BCUT2D eigenvalue weighted by Crippen LogP contribution is 2.30. The molecule has 2 aromatic carbocycles. The van der Waals surface area contributed by atoms with Gasteiger partial charge >= 0.3 is 6.09 Å². The van der Waals surface area contributed by atoms with Crippen LogP contribution in [0.3, 0.4) is 0 Å². The van der Waals surface area contributed by atoms with Crippen LogP contribution in [-0.4, -0.2) is 41.2 Å². The molecule has 328 valence electrons. The number of rotatable bonds is 8. The maximum absolute atomic E-state index is 12.7. The minimum atomic E-state index is -0.601. The zero-order valence-electron chi connectivity index (χ0n) is 38.0. The first-order valence-electron chi connectivity index (χ1n) is 21.1. The Balaban J connectivity index is 0.000000198. The number of carbonyl (C=O) groups is 1. The van der Waals surface area contributed by atoms with Gasteiger partial charge < -0.3 is 31.0 Å². The lowest BCUT2D eigenvalue weighted by molar-refractivity contribution is 0.0544. The molecule has 6 aromatic heterocycles. The number of nitrogens with zero attached hydrogens (tertiary/aromatic N) is 7. The van der Waals surface area contributed by atoms with Crippen LogP contribution < -0.4 is 21.3 Å². The molecule has 0 spiro atoms. The third-order valence-electron chi connectivity index (χ3n) is 10.0. The van der Waals surface area contributed by atoms with Gasteiger partial charge in [0.15, 0.2) is 0 Å². The second-order valence-corrected chi connectivity index (χ2v) is 18.6. The number of benzene rings is 2. The van der Waals surface area contributed by atoms with E-state index in [0.717, 1.165) is 55.9 Å². The quantitative estimate of drug-likeness (QED) is 0.0971. The largest absolute Gasteiger partial charge is 0.443 e. The summed E-state index contributed by atoms with van der Waals surface area (Å²) in [6.45, 7) is 18.3. The standard InChI is InChI=1S/C28H30N6O2.C23H22N6/c1-27(2,3)19-11-23(17-30-16-19)31-21-12-22(15-29)33-25(14-21)32-20-8-7-18-9-10-34(24(18)13-20)26(35)36-28(4,5)6;1-23(2,3)16-8-20(14-25-13-16)27-18-9-19(12-24)29-22(11-18)28-17-5-4-15-6-7-26-21(15)10-17/h7-14,16-17H,1-6H3,(H2,31,32,33);4-11,13-14,26H,1-3H3,(H2,27,28,29). The summed E-state index contributed by atoms with van der Waals surface area (Å²) in [5, 5.41) is 34.2. The molecular formula is C51H52N12O2. The Labute approximate surface area is 378 Å². The van der Waals surface area contributed by atoms with Gasteiger partial charge in [0, 0.05) is 70.6 Å². The summed E-state index contributed by atoms with van der Waals surface area (Å²) in [4.78, 5) is 33.3. The van der Waals surface area contributed by atoms with Crippen LogP contribution in [0.2, 0.25) is 0 Å². The molecule has 6 heterocycles. The maximum Gasteiger partial charge on any atom is 0.418 e. The zero-order valence-corrected chi connectivity index (χ0v) is 38.0. The van der Waals surface area contributed by atoms with Gasteiger partial charge in [-0.3, -0.25) is 14.5 Å². The van der Waals surface area contributed by atoms with E-state index in [1.54, 1.807) is 30.7 Å². The summed E-state index contributed by atoms with van der Waals surface area (Å²) >= 11 is 0. The molecule has 14 nitrogen and oxygen atoms in total. The van der Waals surface area contributed by atoms with Crippen molar-refractivity contribution in [1.82, 2.24) is 29.5 Å². The van der Waals surface area contributed by atoms with E-state index in [-0.39, 0.29) is 16.5 Å². The van der Waals surface area contributed by atoms with E-state index in [9.17, 15) is 15.3 Å². The van der Waals surface area contributed by atoms with E-state index in [4.69, 9.17) is 4.74 Å². The van der Waals surface area contributed by atoms with Gasteiger partial charge in [0.2, 0.25) is 0 Å². The molecule has 0 radical (unpaired) electrons. The first kappa shape index (κ1) is 44.8. The maximum atomic E-state index is 12.7. The predicted molar refractivity (Wildman–Crippen MR) is 259 cm³/mol. The van der Waals surface area contributed by atoms with Crippen molar-refractivity contribution in [2.45, 2.75) is 78.7 Å². The molecule has 5 N–H and O–H groups in total. The summed E-state index contributed by atoms with van der Waals surface area (Å²) in [5.74, 6) is 1.09. The lowest BCUT2D eigenvalue weighted by atomic mass is 9.88. The Bertz CT molecular complexity index is 3100. The molecule has 14 heteroatoms. The highest BCUT2D eigenvalue weighted by atomic mass is 16.6. The lowest BCUT2D eigenvalue weighted by Gasteiger charge is -2.20. The van der Waals surface area contributed by atoms with Gasteiger partial charge in [0.05, 0.1) is 29.3 Å². The second kappa shape index (κ2) is 18.2. The average Bonchev–Trinajstić information content (AvgIpc) is 3.90. The Hall–Kier alpha value is -8.23. The van der Waals surface area contributed by atoms with Crippen LogP contribution in [-0.2, 0) is 15.6 Å². The second-order valence-electron chi connectivity index (χ2n) is 18.6. The third-order valence-corrected chi connectivity index (χ3v) is 10.0. The molecule has 0 amide bonds. The van der Waals surface area contributed by atoms with E-state index >= 15 is 0 Å². The number of anilines is 8. The molecule has 0 bridgehead atoms. The summed E-state index contributed by atoms with van der Waals surface area (Å²) in [7, 11) is 0. The van der Waals surface area contributed by atoms with Crippen molar-refractivity contribution in [3.05, 3.63) is 145 Å². The van der Waals surface area contributed by atoms with Crippen LogP contribution in [0, 0.1) is 22.7 Å². The van der Waals surface area contributed by atoms with Crippen molar-refractivity contribution in [3.8, 4) is 12.1 Å². The highest BCUT2D eigenvalue weighted by Gasteiger charge is 2.20. The molecule has 0 unspecified atom stereocenters. The number of fused-ring (bicyclic) bond motifs is 2. The number of nitriles is 2. The van der Waals surface area contributed by atoms with Crippen LogP contribution in [0.4, 0.5) is 50.6 Å². The van der Waals surface area contributed by atoms with Crippen LogP contribution in [0.1, 0.15) is 84.8 Å². The molecule has 8 aromatic rings. The SMILES string of the molecule is CC(C)(C)OC(=O)n1ccc2ccc(Nc3cc(Nc4cncc(C(C)(C)C)c4)cc(C#N)n3)cc21.CC(C)(C)c1cncc(Nc2cc(C#N)nc(Nc3ccc4cc[nH]c4c3)c2)c1. The number of pyridine rings is 4. The summed E-state index contributed by atoms with van der Waals surface area (Å²) in [6.07, 6.45) is 10.4. The van der Waals surface area contributed by atoms with E-state index in [0.29, 0.717) is 28.5 Å². The van der Waals surface area contributed by atoms with Crippen molar-refractivity contribution in [2.24, 2.45) is 0 Å². The van der Waals surface area contributed by atoms with Gasteiger partial charge in [0.1, 0.15) is 40.8 Å². The van der Waals surface area contributed by atoms with Crippen molar-refractivity contribution in [1.29, 1.82) is 10.5 Å². The molecule has 8 rings (SSSR count). The monoisotopic (exact) mass is 864 g/mol. The molecular weight excluding hydrogens is 813 g/mol. The predicted octanol–water partition coefficient (Wildman–Crippen LogP) is 12.5. The molecule has 0 saturated heterocycles. The number of hydrogen-bond donors (Lipinski definition) is 5. The Morgan fingerprint density at radius 1 is 0.585 bits per heavy atom. The molecule has 0 atom stereocenters. The molecule has 0 saturated carbocycles. The molecule has 0 aliphatic carbocycles. The van der Waals surface area contributed by atoms with Crippen molar-refractivity contribution < 1.29 is 9.53 Å². The fraction of sp³-hybridized carbons (Fsp3) is 0.235. The van der Waals surface area contributed by atoms with Crippen LogP contribution >= 0.6 is 0 Å². The summed E-state index contributed by atoms with van der Waals surface area (Å²) in [5.41, 5.74) is 8.71. The number of carbonyl (C=O) groups excluding carboxylic acids is 1. The van der Waals surface area contributed by atoms with Crippen LogP contribution in [0.25, 0.3) is 21.8 Å². The smallest absolute Gasteiger partial charge is 0.418 e. The van der Waals surface area contributed by atoms with Gasteiger partial charge in [-0.05, 0) is 109 Å². The van der Waals surface area contributed by atoms with Crippen molar-refractivity contribution in [3.63, 3.8) is 0 Å². The van der Waals surface area contributed by atoms with Gasteiger partial charge in [-0.25, -0.2) is 14.8 Å². The van der Waals surface area contributed by atoms with E-state index < -0.39 is 11.7 Å². The van der Waals surface area contributed by atoms with Gasteiger partial charge in [0.25, 0.3) is 0 Å². The number of aromatic amines is 1. The van der Waals surface area contributed by atoms with E-state index in [2.05, 4.69) is 106 Å². The number of aromatic nitrogens is 6. The number of hydrogen-bond acceptors (Lipinski definition) is 12. The molecule has 0 fully saturated rings. The molecule has 0 aliphatic rings. The van der Waals surface area contributed by atoms with Crippen LogP contribution in [0.5, 0.6) is 0 Å². The van der Waals surface area contributed by atoms with Crippen LogP contribution in [0.15, 0.2) is 122 Å². The molecule has 65 heavy (non-hydrogen) atoms. The van der Waals surface area contributed by atoms with Gasteiger partial charge in [-0.15, -0.1) is 0 Å². The average molecular weight is 865 g/mol. The highest BCUT2D eigenvalue weighted by molar-refractivity contribution is 5.92. The summed E-state index contributed by atoms with van der Waals surface area (Å²) in [6, 6.07) is 31.1. The first-order chi connectivity index (χ1) is 30.8. The Kier molecular flexibility index (Phi) is 12.6. The minimum absolute atomic E-state index is 0.00389. The van der Waals surface area contributed by atoms with E-state index in [1.807, 2.05) is 106 Å².